The summed E-state index contributed by atoms with van der Waals surface area (Å²) in [5, 5.41) is 5.19. The number of hydrogen-bond acceptors (Lipinski definition) is 3. The Morgan fingerprint density at radius 2 is 1.52 bits per heavy atom. The van der Waals surface area contributed by atoms with Gasteiger partial charge in [-0.15, -0.1) is 0 Å². The highest BCUT2D eigenvalue weighted by Crippen LogP contribution is 2.16. The van der Waals surface area contributed by atoms with Crippen molar-refractivity contribution in [2.24, 2.45) is 0 Å². The second-order valence-electron chi connectivity index (χ2n) is 6.00. The lowest BCUT2D eigenvalue weighted by molar-refractivity contribution is -0.136. The molecule has 0 aliphatic rings. The quantitative estimate of drug-likeness (QED) is 0.793. The molecule has 0 spiro atoms. The van der Waals surface area contributed by atoms with Gasteiger partial charge < -0.3 is 15.4 Å². The zero-order chi connectivity index (χ0) is 18.2. The molecule has 0 saturated heterocycles. The summed E-state index contributed by atoms with van der Waals surface area (Å²) in [4.78, 5) is 23.9. The summed E-state index contributed by atoms with van der Waals surface area (Å²) in [6.45, 7) is 6.28. The maximum atomic E-state index is 11.9. The fraction of sp³-hybridized carbons (Fsp3) is 0.300. The first-order chi connectivity index (χ1) is 12.0. The van der Waals surface area contributed by atoms with Gasteiger partial charge in [0, 0.05) is 12.2 Å². The highest BCUT2D eigenvalue weighted by atomic mass is 16.5. The molecule has 0 atom stereocenters. The smallest absolute Gasteiger partial charge is 0.313 e. The van der Waals surface area contributed by atoms with Crippen LogP contribution < -0.4 is 15.4 Å². The Labute approximate surface area is 148 Å². The maximum absolute atomic E-state index is 11.9. The van der Waals surface area contributed by atoms with E-state index in [1.807, 2.05) is 38.1 Å². The average Bonchev–Trinajstić information content (AvgIpc) is 2.61. The Balaban J connectivity index is 1.84. The number of nitrogens with one attached hydrogen (secondary N) is 2. The Morgan fingerprint density at radius 1 is 0.920 bits per heavy atom. The molecule has 2 rings (SSSR count). The fourth-order valence-corrected chi connectivity index (χ4v) is 2.23. The summed E-state index contributed by atoms with van der Waals surface area (Å²) in [6.07, 6.45) is 1.05. The molecule has 0 saturated carbocycles. The van der Waals surface area contributed by atoms with Gasteiger partial charge in [-0.1, -0.05) is 31.2 Å². The molecule has 0 aromatic heterocycles. The van der Waals surface area contributed by atoms with E-state index in [0.29, 0.717) is 18.0 Å². The van der Waals surface area contributed by atoms with Crippen LogP contribution in [-0.2, 0) is 22.6 Å². The van der Waals surface area contributed by atoms with E-state index >= 15 is 0 Å². The van der Waals surface area contributed by atoms with Gasteiger partial charge in [0.15, 0.2) is 0 Å². The van der Waals surface area contributed by atoms with Gasteiger partial charge in [0.1, 0.15) is 5.75 Å². The van der Waals surface area contributed by atoms with Gasteiger partial charge in [-0.3, -0.25) is 9.59 Å². The van der Waals surface area contributed by atoms with Crippen LogP contribution in [0.2, 0.25) is 0 Å². The van der Waals surface area contributed by atoms with Crippen LogP contribution in [-0.4, -0.2) is 17.9 Å². The molecule has 2 amide bonds. The summed E-state index contributed by atoms with van der Waals surface area (Å²) in [6, 6.07) is 14.8. The van der Waals surface area contributed by atoms with Crippen molar-refractivity contribution in [3.8, 4) is 5.75 Å². The molecule has 0 aliphatic heterocycles. The summed E-state index contributed by atoms with van der Waals surface area (Å²) in [5.74, 6) is -0.641. The molecule has 2 aromatic rings. The van der Waals surface area contributed by atoms with Crippen LogP contribution in [0.4, 0.5) is 5.69 Å². The van der Waals surface area contributed by atoms with Crippen molar-refractivity contribution in [2.45, 2.75) is 39.8 Å². The second-order valence-corrected chi connectivity index (χ2v) is 6.00. The van der Waals surface area contributed by atoms with Crippen LogP contribution in [0, 0.1) is 0 Å². The molecular formula is C20H24N2O3. The Morgan fingerprint density at radius 3 is 2.08 bits per heavy atom. The number of benzene rings is 2. The van der Waals surface area contributed by atoms with Crippen molar-refractivity contribution in [3.63, 3.8) is 0 Å². The van der Waals surface area contributed by atoms with Crippen molar-refractivity contribution in [2.75, 3.05) is 5.32 Å². The lowest BCUT2D eigenvalue weighted by Crippen LogP contribution is -2.34. The summed E-state index contributed by atoms with van der Waals surface area (Å²) in [5.41, 5.74) is 2.73. The molecule has 0 aliphatic carbocycles. The third-order valence-electron chi connectivity index (χ3n) is 3.57. The minimum Gasteiger partial charge on any atom is -0.491 e. The lowest BCUT2D eigenvalue weighted by Gasteiger charge is -2.10. The standard InChI is InChI=1S/C20H24N2O3/c1-4-15-5-7-16(8-6-15)13-21-19(23)20(24)22-17-9-11-18(12-10-17)25-14(2)3/h5-12,14H,4,13H2,1-3H3,(H,21,23)(H,22,24). The molecule has 5 nitrogen and oxygen atoms in total. The predicted molar refractivity (Wildman–Crippen MR) is 98.5 cm³/mol. The van der Waals surface area contributed by atoms with Crippen LogP contribution in [0.1, 0.15) is 31.9 Å². The van der Waals surface area contributed by atoms with Crippen molar-refractivity contribution in [1.29, 1.82) is 0 Å². The normalized spacial score (nSPS) is 10.4. The van der Waals surface area contributed by atoms with Crippen LogP contribution in [0.25, 0.3) is 0 Å². The van der Waals surface area contributed by atoms with E-state index < -0.39 is 11.8 Å². The number of amides is 2. The molecule has 0 unspecified atom stereocenters. The van der Waals surface area contributed by atoms with E-state index in [9.17, 15) is 9.59 Å². The third-order valence-corrected chi connectivity index (χ3v) is 3.57. The number of anilines is 1. The first-order valence-electron chi connectivity index (χ1n) is 8.41. The molecule has 2 aromatic carbocycles. The average molecular weight is 340 g/mol. The molecule has 0 radical (unpaired) electrons. The minimum absolute atomic E-state index is 0.0811. The first-order valence-corrected chi connectivity index (χ1v) is 8.41. The summed E-state index contributed by atoms with van der Waals surface area (Å²) in [7, 11) is 0. The van der Waals surface area contributed by atoms with E-state index in [4.69, 9.17) is 4.74 Å². The number of aryl methyl sites for hydroxylation is 1. The van der Waals surface area contributed by atoms with E-state index in [2.05, 4.69) is 17.6 Å². The molecule has 0 fully saturated rings. The topological polar surface area (TPSA) is 67.4 Å². The molecule has 0 heterocycles. The van der Waals surface area contributed by atoms with E-state index in [1.165, 1.54) is 5.56 Å². The SMILES string of the molecule is CCc1ccc(CNC(=O)C(=O)Nc2ccc(OC(C)C)cc2)cc1. The second kappa shape index (κ2) is 8.87. The van der Waals surface area contributed by atoms with Crippen molar-refractivity contribution in [1.82, 2.24) is 5.32 Å². The number of ether oxygens (including phenoxy) is 1. The highest BCUT2D eigenvalue weighted by molar-refractivity contribution is 6.39. The summed E-state index contributed by atoms with van der Waals surface area (Å²) < 4.78 is 5.53. The zero-order valence-electron chi connectivity index (χ0n) is 14.8. The van der Waals surface area contributed by atoms with Gasteiger partial charge in [-0.25, -0.2) is 0 Å². The van der Waals surface area contributed by atoms with Crippen LogP contribution in [0.5, 0.6) is 5.75 Å². The molecule has 5 heteroatoms. The fourth-order valence-electron chi connectivity index (χ4n) is 2.23. The number of rotatable bonds is 6. The van der Waals surface area contributed by atoms with Crippen LogP contribution in [0.3, 0.4) is 0 Å². The molecular weight excluding hydrogens is 316 g/mol. The van der Waals surface area contributed by atoms with Gasteiger partial charge in [-0.05, 0) is 55.7 Å². The van der Waals surface area contributed by atoms with E-state index in [0.717, 1.165) is 12.0 Å². The van der Waals surface area contributed by atoms with Crippen LogP contribution >= 0.6 is 0 Å². The van der Waals surface area contributed by atoms with Gasteiger partial charge in [0.05, 0.1) is 6.10 Å². The van der Waals surface area contributed by atoms with E-state index in [1.54, 1.807) is 24.3 Å². The molecule has 2 N–H and O–H groups in total. The van der Waals surface area contributed by atoms with E-state index in [-0.39, 0.29) is 6.10 Å². The van der Waals surface area contributed by atoms with Crippen molar-refractivity contribution in [3.05, 3.63) is 59.7 Å². The number of carbonyl (C=O) groups is 2. The first kappa shape index (κ1) is 18.5. The van der Waals surface area contributed by atoms with Crippen molar-refractivity contribution < 1.29 is 14.3 Å². The van der Waals surface area contributed by atoms with Crippen LogP contribution in [0.15, 0.2) is 48.5 Å². The monoisotopic (exact) mass is 340 g/mol. The maximum Gasteiger partial charge on any atom is 0.313 e. The highest BCUT2D eigenvalue weighted by Gasteiger charge is 2.13. The van der Waals surface area contributed by atoms with Gasteiger partial charge >= 0.3 is 11.8 Å². The third kappa shape index (κ3) is 5.95. The summed E-state index contributed by atoms with van der Waals surface area (Å²) >= 11 is 0. The van der Waals surface area contributed by atoms with Gasteiger partial charge in [0.25, 0.3) is 0 Å². The van der Waals surface area contributed by atoms with Gasteiger partial charge in [-0.2, -0.15) is 0 Å². The zero-order valence-corrected chi connectivity index (χ0v) is 14.8. The molecule has 132 valence electrons. The minimum atomic E-state index is -0.692. The Bertz CT molecular complexity index is 707. The number of carbonyl (C=O) groups excluding carboxylic acids is 2. The Kier molecular flexibility index (Phi) is 6.57. The number of hydrogen-bond donors (Lipinski definition) is 2. The van der Waals surface area contributed by atoms with Crippen molar-refractivity contribution >= 4 is 17.5 Å². The largest absolute Gasteiger partial charge is 0.491 e. The predicted octanol–water partition coefficient (Wildman–Crippen LogP) is 3.29. The Hall–Kier alpha value is -2.82. The van der Waals surface area contributed by atoms with Gasteiger partial charge in [0.2, 0.25) is 0 Å². The molecule has 0 bridgehead atoms. The lowest BCUT2D eigenvalue weighted by atomic mass is 10.1. The molecule has 25 heavy (non-hydrogen) atoms.